The van der Waals surface area contributed by atoms with E-state index in [2.05, 4.69) is 10.6 Å². The van der Waals surface area contributed by atoms with Gasteiger partial charge in [-0.3, -0.25) is 38.1 Å². The standard InChI is InChI=1S/C31H37ClF3N3O4.C28H35ClN4O4/c1-5-42-26-15-14-21(32)19-23(26)25(39)16-18-30(2,3)20-27(40)36-28-24(13-9-10-17-31(33,34)35)37(4)38(29(28)41)22-11-7-6-8-12-22;1-5-37-24-12-11-19(29)17-21(24)23(34)13-15-28(2,3)18-25(35)31-26-22(14-16-30)32(4)33(27(26)36)20-9-7-6-8-10-20/h6-8,11-12,14-15,19H,5,9-10,13,16-18,20H2,1-4H3,(H,36,40);6-12,17H,5,13-16,18,30H2,1-4H3,(H,31,35). The molecule has 6 rings (SSSR count). The van der Waals surface area contributed by atoms with Gasteiger partial charge in [0.05, 0.1) is 47.1 Å². The lowest BCUT2D eigenvalue weighted by molar-refractivity contribution is -0.135. The largest absolute Gasteiger partial charge is 0.493 e. The number of hydrogen-bond acceptors (Lipinski definition) is 9. The van der Waals surface area contributed by atoms with E-state index in [0.29, 0.717) is 94.5 Å². The molecule has 0 aliphatic heterocycles. The van der Waals surface area contributed by atoms with Crippen molar-refractivity contribution in [3.8, 4) is 22.9 Å². The minimum absolute atomic E-state index is 0.0152. The van der Waals surface area contributed by atoms with Crippen LogP contribution < -0.4 is 37.0 Å². The van der Waals surface area contributed by atoms with Gasteiger partial charge < -0.3 is 25.8 Å². The Morgan fingerprint density at radius 1 is 0.582 bits per heavy atom. The van der Waals surface area contributed by atoms with Gasteiger partial charge >= 0.3 is 6.18 Å². The topological polar surface area (TPSA) is 191 Å². The number of unbranched alkanes of at least 4 members (excludes halogenated alkanes) is 1. The summed E-state index contributed by atoms with van der Waals surface area (Å²) in [5.41, 5.74) is 7.35. The van der Waals surface area contributed by atoms with Crippen molar-refractivity contribution in [2.45, 2.75) is 118 Å². The van der Waals surface area contributed by atoms with Crippen LogP contribution in [0.4, 0.5) is 24.5 Å². The molecule has 0 saturated heterocycles. The highest BCUT2D eigenvalue weighted by atomic mass is 35.5. The van der Waals surface area contributed by atoms with Gasteiger partial charge in [0.2, 0.25) is 11.8 Å². The number of halogens is 5. The number of hydrogen-bond donors (Lipinski definition) is 3. The molecule has 0 atom stereocenters. The summed E-state index contributed by atoms with van der Waals surface area (Å²) in [4.78, 5) is 79.0. The summed E-state index contributed by atoms with van der Waals surface area (Å²) in [5, 5.41) is 6.45. The Kier molecular flexibility index (Phi) is 22.6. The van der Waals surface area contributed by atoms with E-state index in [-0.39, 0.29) is 79.4 Å². The van der Waals surface area contributed by atoms with Gasteiger partial charge in [-0.1, -0.05) is 87.3 Å². The zero-order chi connectivity index (χ0) is 58.2. The van der Waals surface area contributed by atoms with Gasteiger partial charge in [0, 0.05) is 62.7 Å². The first-order valence-electron chi connectivity index (χ1n) is 26.3. The minimum atomic E-state index is -4.26. The predicted molar refractivity (Wildman–Crippen MR) is 305 cm³/mol. The lowest BCUT2D eigenvalue weighted by Gasteiger charge is -2.23. The van der Waals surface area contributed by atoms with Crippen molar-refractivity contribution in [2.24, 2.45) is 30.7 Å². The number of carbonyl (C=O) groups excluding carboxylic acids is 4. The average Bonchev–Trinajstić information content (AvgIpc) is 4.06. The molecule has 0 aliphatic carbocycles. The molecule has 15 nitrogen and oxygen atoms in total. The molecule has 2 aromatic heterocycles. The predicted octanol–water partition coefficient (Wildman–Crippen LogP) is 12.3. The number of ketones is 2. The number of anilines is 2. The molecule has 2 amide bonds. The molecule has 6 aromatic rings. The van der Waals surface area contributed by atoms with E-state index in [9.17, 15) is 41.9 Å². The lowest BCUT2D eigenvalue weighted by atomic mass is 9.82. The number of para-hydroxylation sites is 2. The van der Waals surface area contributed by atoms with Crippen molar-refractivity contribution < 1.29 is 41.8 Å². The number of ether oxygens (including phenoxy) is 2. The quantitative estimate of drug-likeness (QED) is 0.0350. The van der Waals surface area contributed by atoms with Crippen LogP contribution in [0.25, 0.3) is 11.4 Å². The van der Waals surface area contributed by atoms with Gasteiger partial charge in [0.15, 0.2) is 11.6 Å². The minimum Gasteiger partial charge on any atom is -0.493 e. The number of nitrogens with zero attached hydrogens (tertiary/aromatic N) is 4. The van der Waals surface area contributed by atoms with Crippen LogP contribution in [0.5, 0.6) is 11.5 Å². The summed E-state index contributed by atoms with van der Waals surface area (Å²) in [6, 6.07) is 27.9. The number of aromatic nitrogens is 4. The first-order chi connectivity index (χ1) is 37.3. The summed E-state index contributed by atoms with van der Waals surface area (Å²) in [5.74, 6) is -0.0356. The normalized spacial score (nSPS) is 11.7. The Hall–Kier alpha value is -6.89. The monoisotopic (exact) mass is 1130 g/mol. The number of benzene rings is 4. The summed E-state index contributed by atoms with van der Waals surface area (Å²) in [6.07, 6.45) is -3.10. The highest BCUT2D eigenvalue weighted by molar-refractivity contribution is 6.31. The molecule has 0 spiro atoms. The van der Waals surface area contributed by atoms with Crippen molar-refractivity contribution in [2.75, 3.05) is 30.4 Å². The van der Waals surface area contributed by atoms with E-state index < -0.39 is 34.9 Å². The van der Waals surface area contributed by atoms with Crippen molar-refractivity contribution in [1.29, 1.82) is 0 Å². The number of nitrogens with two attached hydrogens (primary N) is 1. The van der Waals surface area contributed by atoms with Crippen molar-refractivity contribution in [1.82, 2.24) is 18.7 Å². The number of nitrogens with one attached hydrogen (secondary N) is 2. The first kappa shape index (κ1) is 62.9. The molecule has 20 heteroatoms. The maximum absolute atomic E-state index is 13.5. The third kappa shape index (κ3) is 17.8. The summed E-state index contributed by atoms with van der Waals surface area (Å²) in [6.45, 7) is 12.4. The fraction of sp³-hybridized carbons (Fsp3) is 0.424. The zero-order valence-electron chi connectivity index (χ0n) is 46.2. The average molecular weight is 1140 g/mol. The molecule has 79 heavy (non-hydrogen) atoms. The Morgan fingerprint density at radius 2 is 0.975 bits per heavy atom. The lowest BCUT2D eigenvalue weighted by Crippen LogP contribution is -2.26. The van der Waals surface area contributed by atoms with E-state index in [1.807, 2.05) is 71.9 Å². The molecular formula is C59H72Cl2F3N7O8. The highest BCUT2D eigenvalue weighted by Gasteiger charge is 2.30. The second-order valence-electron chi connectivity index (χ2n) is 20.7. The van der Waals surface area contributed by atoms with Crippen LogP contribution in [0, 0.1) is 10.8 Å². The van der Waals surface area contributed by atoms with E-state index in [1.54, 1.807) is 90.2 Å². The molecule has 2 heterocycles. The molecule has 0 aliphatic rings. The number of amides is 2. The van der Waals surface area contributed by atoms with Crippen LogP contribution in [-0.4, -0.2) is 68.0 Å². The Morgan fingerprint density at radius 3 is 1.34 bits per heavy atom. The van der Waals surface area contributed by atoms with E-state index in [0.717, 1.165) is 0 Å². The van der Waals surface area contributed by atoms with Gasteiger partial charge in [-0.05, 0) is 124 Å². The van der Waals surface area contributed by atoms with Crippen LogP contribution in [0.15, 0.2) is 107 Å². The summed E-state index contributed by atoms with van der Waals surface area (Å²) >= 11 is 12.2. The number of carbonyl (C=O) groups is 4. The highest BCUT2D eigenvalue weighted by Crippen LogP contribution is 2.33. The second-order valence-corrected chi connectivity index (χ2v) is 21.6. The zero-order valence-corrected chi connectivity index (χ0v) is 47.7. The van der Waals surface area contributed by atoms with Gasteiger partial charge in [-0.25, -0.2) is 9.36 Å². The van der Waals surface area contributed by atoms with Gasteiger partial charge in [0.25, 0.3) is 11.1 Å². The van der Waals surface area contributed by atoms with E-state index in [4.69, 9.17) is 38.4 Å². The Labute approximate surface area is 469 Å². The molecule has 0 fully saturated rings. The third-order valence-corrected chi connectivity index (χ3v) is 13.7. The molecule has 0 bridgehead atoms. The van der Waals surface area contributed by atoms with Gasteiger partial charge in [0.1, 0.15) is 22.9 Å². The van der Waals surface area contributed by atoms with Crippen LogP contribution in [0.3, 0.4) is 0 Å². The Balaban J connectivity index is 0.000000293. The van der Waals surface area contributed by atoms with E-state index >= 15 is 0 Å². The van der Waals surface area contributed by atoms with Gasteiger partial charge in [-0.15, -0.1) is 0 Å². The maximum Gasteiger partial charge on any atom is 0.389 e. The Bertz CT molecular complexity index is 3180. The smallest absolute Gasteiger partial charge is 0.389 e. The number of alkyl halides is 3. The molecule has 0 unspecified atom stereocenters. The molecule has 0 saturated carbocycles. The molecule has 4 aromatic carbocycles. The SMILES string of the molecule is CCOc1ccc(Cl)cc1C(=O)CCC(C)(C)CC(=O)Nc1c(CCCCC(F)(F)F)n(C)n(-c2ccccc2)c1=O.CCOc1ccc(Cl)cc1C(=O)CCC(C)(C)CC(=O)Nc1c(CCN)n(C)n(-c2ccccc2)c1=O. The fourth-order valence-corrected chi connectivity index (χ4v) is 9.53. The number of rotatable bonds is 26. The first-order valence-corrected chi connectivity index (χ1v) is 27.1. The fourth-order valence-electron chi connectivity index (χ4n) is 9.18. The number of Topliss-reactive ketones (excluding diaryl/α,β-unsaturated/α-hetero) is 2. The van der Waals surface area contributed by atoms with Crippen molar-refractivity contribution >= 4 is 58.0 Å². The van der Waals surface area contributed by atoms with Crippen molar-refractivity contribution in [3.05, 3.63) is 150 Å². The summed E-state index contributed by atoms with van der Waals surface area (Å²) in [7, 11) is 3.42. The van der Waals surface area contributed by atoms with E-state index in [1.165, 1.54) is 9.36 Å². The molecular weight excluding hydrogens is 1060 g/mol. The second kappa shape index (κ2) is 28.3. The molecule has 0 radical (unpaired) electrons. The van der Waals surface area contributed by atoms with Crippen LogP contribution in [0.2, 0.25) is 10.0 Å². The van der Waals surface area contributed by atoms with Gasteiger partial charge in [-0.2, -0.15) is 13.2 Å². The van der Waals surface area contributed by atoms with Crippen LogP contribution in [0.1, 0.15) is 131 Å². The maximum atomic E-state index is 13.5. The molecule has 426 valence electrons. The molecule has 4 N–H and O–H groups in total. The summed E-state index contributed by atoms with van der Waals surface area (Å²) < 4.78 is 55.4. The van der Waals surface area contributed by atoms with Crippen LogP contribution in [-0.2, 0) is 36.5 Å². The van der Waals surface area contributed by atoms with Crippen LogP contribution >= 0.6 is 23.2 Å². The third-order valence-electron chi connectivity index (χ3n) is 13.2. The van der Waals surface area contributed by atoms with Crippen molar-refractivity contribution in [3.63, 3.8) is 0 Å².